The number of rotatable bonds is 6. The molecule has 0 radical (unpaired) electrons. The molecule has 2 rings (SSSR count). The van der Waals surface area contributed by atoms with Crippen LogP contribution >= 0.6 is 23.2 Å². The third-order valence-corrected chi connectivity index (χ3v) is 3.77. The molecule has 0 aliphatic rings. The fraction of sp³-hybridized carbons (Fsp3) is 0.429. The Morgan fingerprint density at radius 1 is 1.32 bits per heavy atom. The summed E-state index contributed by atoms with van der Waals surface area (Å²) < 4.78 is 1.91. The van der Waals surface area contributed by atoms with Crippen molar-refractivity contribution in [3.63, 3.8) is 0 Å². The summed E-state index contributed by atoms with van der Waals surface area (Å²) in [6.07, 6.45) is 3.34. The number of halogens is 2. The van der Waals surface area contributed by atoms with E-state index in [4.69, 9.17) is 23.2 Å². The van der Waals surface area contributed by atoms with Gasteiger partial charge in [0, 0.05) is 23.9 Å². The molecule has 1 unspecified atom stereocenters. The van der Waals surface area contributed by atoms with E-state index in [2.05, 4.69) is 23.1 Å². The van der Waals surface area contributed by atoms with Gasteiger partial charge < -0.3 is 0 Å². The van der Waals surface area contributed by atoms with Crippen LogP contribution in [0.5, 0.6) is 0 Å². The summed E-state index contributed by atoms with van der Waals surface area (Å²) in [6.45, 7) is 2.90. The Kier molecular flexibility index (Phi) is 5.23. The number of hydrogen-bond acceptors (Lipinski definition) is 2. The predicted molar refractivity (Wildman–Crippen MR) is 78.8 cm³/mol. The van der Waals surface area contributed by atoms with Crippen LogP contribution in [-0.2, 0) is 19.4 Å². The minimum absolute atomic E-state index is 0.342. The zero-order chi connectivity index (χ0) is 13.7. The number of nitrogens with zero attached hydrogens (tertiary/aromatic N) is 3. The van der Waals surface area contributed by atoms with Crippen molar-refractivity contribution in [2.24, 2.45) is 5.92 Å². The first-order valence-corrected chi connectivity index (χ1v) is 7.31. The molecule has 1 atom stereocenters. The summed E-state index contributed by atoms with van der Waals surface area (Å²) >= 11 is 12.1. The summed E-state index contributed by atoms with van der Waals surface area (Å²) in [4.78, 5) is 4.30. The maximum absolute atomic E-state index is 6.08. The topological polar surface area (TPSA) is 30.7 Å². The molecule has 0 saturated carbocycles. The summed E-state index contributed by atoms with van der Waals surface area (Å²) in [6, 6.07) is 7.92. The van der Waals surface area contributed by atoms with Crippen molar-refractivity contribution in [3.8, 4) is 0 Å². The van der Waals surface area contributed by atoms with Crippen LogP contribution in [0.2, 0.25) is 5.02 Å². The zero-order valence-electron chi connectivity index (χ0n) is 10.9. The molecule has 19 heavy (non-hydrogen) atoms. The molecule has 0 aliphatic heterocycles. The monoisotopic (exact) mass is 297 g/mol. The molecule has 0 spiro atoms. The Hall–Kier alpha value is -1.06. The Morgan fingerprint density at radius 3 is 2.84 bits per heavy atom. The fourth-order valence-electron chi connectivity index (χ4n) is 2.15. The van der Waals surface area contributed by atoms with Crippen LogP contribution in [-0.4, -0.2) is 20.6 Å². The molecule has 1 heterocycles. The van der Waals surface area contributed by atoms with Crippen LogP contribution in [0.15, 0.2) is 30.6 Å². The summed E-state index contributed by atoms with van der Waals surface area (Å²) in [5.41, 5.74) is 1.21. The van der Waals surface area contributed by atoms with Gasteiger partial charge in [-0.1, -0.05) is 23.7 Å². The number of aromatic nitrogens is 3. The highest BCUT2D eigenvalue weighted by molar-refractivity contribution is 6.30. The van der Waals surface area contributed by atoms with E-state index < -0.39 is 0 Å². The molecule has 0 N–H and O–H groups in total. The van der Waals surface area contributed by atoms with E-state index in [0.29, 0.717) is 11.8 Å². The van der Waals surface area contributed by atoms with Gasteiger partial charge in [0.1, 0.15) is 12.2 Å². The van der Waals surface area contributed by atoms with Crippen LogP contribution in [0.3, 0.4) is 0 Å². The first-order valence-electron chi connectivity index (χ1n) is 6.40. The van der Waals surface area contributed by atoms with Gasteiger partial charge in [0.15, 0.2) is 0 Å². The fourth-order valence-corrected chi connectivity index (χ4v) is 2.58. The number of benzene rings is 1. The lowest BCUT2D eigenvalue weighted by atomic mass is 9.97. The third kappa shape index (κ3) is 3.95. The number of aryl methyl sites for hydroxylation is 1. The van der Waals surface area contributed by atoms with Gasteiger partial charge in [-0.25, -0.2) is 4.98 Å². The third-order valence-electron chi connectivity index (χ3n) is 3.10. The smallest absolute Gasteiger partial charge is 0.138 e. The molecule has 0 fully saturated rings. The average Bonchev–Trinajstić information content (AvgIpc) is 2.85. The molecule has 102 valence electrons. The molecule has 0 bridgehead atoms. The van der Waals surface area contributed by atoms with Crippen LogP contribution in [0.25, 0.3) is 0 Å². The van der Waals surface area contributed by atoms with Crippen molar-refractivity contribution in [2.45, 2.75) is 26.3 Å². The van der Waals surface area contributed by atoms with Crippen molar-refractivity contribution < 1.29 is 0 Å². The molecule has 0 aliphatic carbocycles. The van der Waals surface area contributed by atoms with E-state index in [1.165, 1.54) is 5.56 Å². The van der Waals surface area contributed by atoms with E-state index in [0.717, 1.165) is 30.2 Å². The van der Waals surface area contributed by atoms with Crippen molar-refractivity contribution in [2.75, 3.05) is 5.88 Å². The number of hydrogen-bond donors (Lipinski definition) is 0. The van der Waals surface area contributed by atoms with Gasteiger partial charge in [-0.2, -0.15) is 5.10 Å². The highest BCUT2D eigenvalue weighted by Crippen LogP contribution is 2.18. The van der Waals surface area contributed by atoms with E-state index in [-0.39, 0.29) is 0 Å². The lowest BCUT2D eigenvalue weighted by Crippen LogP contribution is -2.14. The molecule has 5 heteroatoms. The predicted octanol–water partition coefficient (Wildman–Crippen LogP) is 3.59. The van der Waals surface area contributed by atoms with Crippen molar-refractivity contribution in [3.05, 3.63) is 47.0 Å². The molecular formula is C14H17Cl2N3. The van der Waals surface area contributed by atoms with Gasteiger partial charge >= 0.3 is 0 Å². The number of alkyl halides is 1. The molecule has 0 saturated heterocycles. The van der Waals surface area contributed by atoms with Gasteiger partial charge in [0.25, 0.3) is 0 Å². The lowest BCUT2D eigenvalue weighted by molar-refractivity contribution is 0.524. The second-order valence-electron chi connectivity index (χ2n) is 4.55. The maximum Gasteiger partial charge on any atom is 0.138 e. The largest absolute Gasteiger partial charge is 0.250 e. The van der Waals surface area contributed by atoms with Gasteiger partial charge in [0.05, 0.1) is 0 Å². The van der Waals surface area contributed by atoms with Crippen LogP contribution in [0.1, 0.15) is 18.3 Å². The molecule has 1 aromatic heterocycles. The van der Waals surface area contributed by atoms with Crippen molar-refractivity contribution in [1.29, 1.82) is 0 Å². The highest BCUT2D eigenvalue weighted by Gasteiger charge is 2.13. The Morgan fingerprint density at radius 2 is 2.16 bits per heavy atom. The van der Waals surface area contributed by atoms with Gasteiger partial charge in [-0.3, -0.25) is 4.68 Å². The summed E-state index contributed by atoms with van der Waals surface area (Å²) in [7, 11) is 0. The molecule has 3 nitrogen and oxygen atoms in total. The molecule has 1 aromatic carbocycles. The van der Waals surface area contributed by atoms with E-state index >= 15 is 0 Å². The average molecular weight is 298 g/mol. The summed E-state index contributed by atoms with van der Waals surface area (Å²) in [5, 5.41) is 4.95. The van der Waals surface area contributed by atoms with Gasteiger partial charge in [0.2, 0.25) is 0 Å². The SMILES string of the molecule is CCn1ncnc1CC(CCl)Cc1cccc(Cl)c1. The minimum atomic E-state index is 0.342. The summed E-state index contributed by atoms with van der Waals surface area (Å²) in [5.74, 6) is 1.94. The lowest BCUT2D eigenvalue weighted by Gasteiger charge is -2.14. The zero-order valence-corrected chi connectivity index (χ0v) is 12.4. The van der Waals surface area contributed by atoms with Crippen LogP contribution in [0, 0.1) is 5.92 Å². The second kappa shape index (κ2) is 6.92. The normalized spacial score (nSPS) is 12.6. The van der Waals surface area contributed by atoms with Crippen LogP contribution in [0.4, 0.5) is 0 Å². The first-order chi connectivity index (χ1) is 9.22. The minimum Gasteiger partial charge on any atom is -0.250 e. The standard InChI is InChI=1S/C14H17Cl2N3/c1-2-19-14(17-10-18-19)8-12(9-15)6-11-4-3-5-13(16)7-11/h3-5,7,10,12H,2,6,8-9H2,1H3. The quantitative estimate of drug-likeness (QED) is 0.763. The van der Waals surface area contributed by atoms with Crippen LogP contribution < -0.4 is 0 Å². The van der Waals surface area contributed by atoms with E-state index in [1.807, 2.05) is 22.9 Å². The Bertz CT molecular complexity index is 525. The van der Waals surface area contributed by atoms with Crippen molar-refractivity contribution in [1.82, 2.24) is 14.8 Å². The van der Waals surface area contributed by atoms with Crippen molar-refractivity contribution >= 4 is 23.2 Å². The highest BCUT2D eigenvalue weighted by atomic mass is 35.5. The first kappa shape index (κ1) is 14.4. The Balaban J connectivity index is 2.04. The molecular weight excluding hydrogens is 281 g/mol. The van der Waals surface area contributed by atoms with E-state index in [1.54, 1.807) is 6.33 Å². The van der Waals surface area contributed by atoms with Gasteiger partial charge in [-0.05, 0) is 37.0 Å². The second-order valence-corrected chi connectivity index (χ2v) is 5.30. The molecule has 0 amide bonds. The maximum atomic E-state index is 6.08. The van der Waals surface area contributed by atoms with E-state index in [9.17, 15) is 0 Å². The molecule has 2 aromatic rings. The Labute approximate surface area is 123 Å². The van der Waals surface area contributed by atoms with Gasteiger partial charge in [-0.15, -0.1) is 11.6 Å².